The van der Waals surface area contributed by atoms with Crippen LogP contribution in [0.15, 0.2) is 23.7 Å². The Balaban J connectivity index is 1.51. The van der Waals surface area contributed by atoms with Gasteiger partial charge in [-0.2, -0.15) is 0 Å². The van der Waals surface area contributed by atoms with E-state index in [4.69, 9.17) is 0 Å². The zero-order valence-electron chi connectivity index (χ0n) is 23.0. The van der Waals surface area contributed by atoms with Crippen molar-refractivity contribution in [3.8, 4) is 16.2 Å². The summed E-state index contributed by atoms with van der Waals surface area (Å²) in [6.45, 7) is 8.92. The summed E-state index contributed by atoms with van der Waals surface area (Å²) >= 11 is 1.47. The Morgan fingerprint density at radius 2 is 1.95 bits per heavy atom. The van der Waals surface area contributed by atoms with Gasteiger partial charge in [0.1, 0.15) is 17.3 Å². The summed E-state index contributed by atoms with van der Waals surface area (Å²) in [6.07, 6.45) is -0.499. The molecule has 0 bridgehead atoms. The second-order valence-corrected chi connectivity index (χ2v) is 12.5. The maximum Gasteiger partial charge on any atom is 0.258 e. The van der Waals surface area contributed by atoms with Crippen LogP contribution in [0.25, 0.3) is 10.4 Å². The average molecular weight is 561 g/mol. The number of nitrogens with zero attached hydrogens (tertiary/aromatic N) is 2. The molecule has 2 aliphatic rings. The number of β-amino-alcohol motifs (C(OH)–C–C–N with tert-alkyl or cyclic N) is 1. The van der Waals surface area contributed by atoms with Gasteiger partial charge in [0, 0.05) is 25.1 Å². The maximum atomic E-state index is 14.6. The van der Waals surface area contributed by atoms with Crippen molar-refractivity contribution in [3.05, 3.63) is 35.0 Å². The Labute approximate surface area is 231 Å². The Hall–Kier alpha value is -3.05. The predicted molar refractivity (Wildman–Crippen MR) is 146 cm³/mol. The highest BCUT2D eigenvalue weighted by Gasteiger charge is 2.58. The Morgan fingerprint density at radius 1 is 1.26 bits per heavy atom. The molecule has 0 unspecified atom stereocenters. The van der Waals surface area contributed by atoms with Crippen molar-refractivity contribution >= 4 is 29.1 Å². The van der Waals surface area contributed by atoms with Crippen LogP contribution in [0.2, 0.25) is 0 Å². The summed E-state index contributed by atoms with van der Waals surface area (Å²) in [4.78, 5) is 46.6. The fourth-order valence-electron chi connectivity index (χ4n) is 5.24. The van der Waals surface area contributed by atoms with Crippen LogP contribution in [0.5, 0.6) is 5.75 Å². The number of aromatic hydroxyl groups is 1. The van der Waals surface area contributed by atoms with E-state index in [1.165, 1.54) is 16.2 Å². The number of aliphatic hydroxyl groups is 1. The highest BCUT2D eigenvalue weighted by molar-refractivity contribution is 7.13. The lowest BCUT2D eigenvalue weighted by atomic mass is 9.70. The molecule has 1 aromatic carbocycles. The number of carbonyl (C=O) groups is 3. The van der Waals surface area contributed by atoms with Crippen molar-refractivity contribution in [1.82, 2.24) is 20.5 Å². The lowest BCUT2D eigenvalue weighted by molar-refractivity contribution is -0.152. The van der Waals surface area contributed by atoms with Crippen molar-refractivity contribution in [2.75, 3.05) is 6.54 Å². The Morgan fingerprint density at radius 3 is 2.49 bits per heavy atom. The molecule has 9 nitrogen and oxygen atoms in total. The van der Waals surface area contributed by atoms with Gasteiger partial charge in [-0.1, -0.05) is 39.8 Å². The maximum absolute atomic E-state index is 14.6. The molecule has 2 fully saturated rings. The zero-order chi connectivity index (χ0) is 28.8. The summed E-state index contributed by atoms with van der Waals surface area (Å²) in [7, 11) is 0. The van der Waals surface area contributed by atoms with E-state index < -0.39 is 46.5 Å². The highest BCUT2D eigenvalue weighted by atomic mass is 32.1. The Kier molecular flexibility index (Phi) is 7.79. The van der Waals surface area contributed by atoms with Crippen molar-refractivity contribution in [1.29, 1.82) is 0 Å². The van der Waals surface area contributed by atoms with Crippen LogP contribution in [-0.4, -0.2) is 67.7 Å². The first-order valence-electron chi connectivity index (χ1n) is 13.2. The molecule has 3 amide bonds. The number of amides is 3. The molecule has 1 aromatic heterocycles. The van der Waals surface area contributed by atoms with E-state index in [0.29, 0.717) is 5.56 Å². The topological polar surface area (TPSA) is 132 Å². The number of phenolic OH excluding ortho intramolecular Hbond substituents is 1. The summed E-state index contributed by atoms with van der Waals surface area (Å²) in [6, 6.07) is 4.20. The first kappa shape index (κ1) is 28.9. The molecule has 1 saturated carbocycles. The SMILES string of the molecule is CC[C@](NC(=O)C1(F)CC1)(C(=O)N1C[C@H](O)C[C@H]1C(=O)NCc1ccc(-c2scnc2C)cc1O)C(C)(C)C. The number of rotatable bonds is 8. The molecule has 2 heterocycles. The van der Waals surface area contributed by atoms with E-state index in [1.807, 2.05) is 13.0 Å². The van der Waals surface area contributed by atoms with Crippen LogP contribution in [0.4, 0.5) is 4.39 Å². The largest absolute Gasteiger partial charge is 0.508 e. The van der Waals surface area contributed by atoms with Gasteiger partial charge < -0.3 is 25.7 Å². The molecular weight excluding hydrogens is 523 g/mol. The molecule has 212 valence electrons. The third-order valence-corrected chi connectivity index (χ3v) is 8.96. The third-order valence-electron chi connectivity index (χ3n) is 7.99. The van der Waals surface area contributed by atoms with Crippen LogP contribution < -0.4 is 10.6 Å². The second kappa shape index (κ2) is 10.5. The van der Waals surface area contributed by atoms with Gasteiger partial charge in [0.2, 0.25) is 11.8 Å². The monoisotopic (exact) mass is 560 g/mol. The van der Waals surface area contributed by atoms with Crippen molar-refractivity contribution in [3.63, 3.8) is 0 Å². The molecule has 11 heteroatoms. The fourth-order valence-corrected chi connectivity index (χ4v) is 6.04. The van der Waals surface area contributed by atoms with E-state index in [9.17, 15) is 29.0 Å². The minimum absolute atomic E-state index is 0.0144. The number of aliphatic hydroxyl groups excluding tert-OH is 1. The van der Waals surface area contributed by atoms with E-state index in [2.05, 4.69) is 15.6 Å². The number of aromatic nitrogens is 1. The lowest BCUT2D eigenvalue weighted by Gasteiger charge is -2.46. The smallest absolute Gasteiger partial charge is 0.258 e. The van der Waals surface area contributed by atoms with Crippen LogP contribution in [0, 0.1) is 12.3 Å². The number of hydrogen-bond donors (Lipinski definition) is 4. The molecule has 1 aliphatic carbocycles. The van der Waals surface area contributed by atoms with E-state index in [0.717, 1.165) is 16.1 Å². The number of carbonyl (C=O) groups excluding carboxylic acids is 3. The first-order chi connectivity index (χ1) is 18.2. The quantitative estimate of drug-likeness (QED) is 0.392. The molecule has 39 heavy (non-hydrogen) atoms. The number of phenols is 1. The predicted octanol–water partition coefficient (Wildman–Crippen LogP) is 3.22. The van der Waals surface area contributed by atoms with Crippen LogP contribution >= 0.6 is 11.3 Å². The molecule has 3 atom stereocenters. The number of likely N-dealkylation sites (tertiary alicyclic amines) is 1. The fraction of sp³-hybridized carbons (Fsp3) is 0.571. The van der Waals surface area contributed by atoms with Crippen molar-refractivity contribution in [2.24, 2.45) is 5.41 Å². The number of aryl methyl sites for hydroxylation is 1. The number of thiazole rings is 1. The summed E-state index contributed by atoms with van der Waals surface area (Å²) in [5, 5.41) is 26.5. The summed E-state index contributed by atoms with van der Waals surface area (Å²) in [5.41, 5.74) is -0.344. The van der Waals surface area contributed by atoms with Crippen LogP contribution in [0.3, 0.4) is 0 Å². The normalized spacial score (nSPS) is 21.8. The molecule has 1 aliphatic heterocycles. The molecular formula is C28H37FN4O5S. The highest BCUT2D eigenvalue weighted by Crippen LogP contribution is 2.43. The molecule has 0 radical (unpaired) electrons. The number of nitrogens with one attached hydrogen (secondary N) is 2. The summed E-state index contributed by atoms with van der Waals surface area (Å²) in [5.74, 6) is -1.82. The Bertz CT molecular complexity index is 1270. The van der Waals surface area contributed by atoms with E-state index in [1.54, 1.807) is 45.3 Å². The van der Waals surface area contributed by atoms with Gasteiger partial charge >= 0.3 is 0 Å². The number of halogens is 1. The van der Waals surface area contributed by atoms with Gasteiger partial charge in [0.25, 0.3) is 5.91 Å². The molecule has 2 aromatic rings. The minimum atomic E-state index is -1.97. The van der Waals surface area contributed by atoms with Gasteiger partial charge in [-0.3, -0.25) is 14.4 Å². The number of alkyl halides is 1. The van der Waals surface area contributed by atoms with E-state index in [-0.39, 0.29) is 44.5 Å². The minimum Gasteiger partial charge on any atom is -0.508 e. The first-order valence-corrected chi connectivity index (χ1v) is 14.1. The van der Waals surface area contributed by atoms with Gasteiger partial charge in [0.15, 0.2) is 5.67 Å². The zero-order valence-corrected chi connectivity index (χ0v) is 23.8. The molecule has 4 N–H and O–H groups in total. The van der Waals surface area contributed by atoms with Gasteiger partial charge in [-0.05, 0) is 43.2 Å². The summed E-state index contributed by atoms with van der Waals surface area (Å²) < 4.78 is 14.6. The van der Waals surface area contributed by atoms with Gasteiger partial charge in [-0.15, -0.1) is 11.3 Å². The number of hydrogen-bond acceptors (Lipinski definition) is 7. The van der Waals surface area contributed by atoms with E-state index >= 15 is 0 Å². The second-order valence-electron chi connectivity index (χ2n) is 11.6. The van der Waals surface area contributed by atoms with Crippen LogP contribution in [0.1, 0.15) is 64.6 Å². The molecule has 4 rings (SSSR count). The van der Waals surface area contributed by atoms with Crippen molar-refractivity contribution in [2.45, 2.75) is 90.2 Å². The standard InChI is InChI=1S/C28H37FN4O5S/c1-6-28(26(3,4)5,32-24(37)27(29)9-10-27)25(38)33-14-19(34)12-20(33)23(36)30-13-18-8-7-17(11-21(18)35)22-16(2)31-15-39-22/h7-8,11,15,19-20,34-35H,6,9-10,12-14H2,1-5H3,(H,30,36)(H,32,37)/t19-,20+,28+/m1/s1. The average Bonchev–Trinajstić information content (AvgIpc) is 3.28. The molecule has 0 spiro atoms. The number of benzene rings is 1. The van der Waals surface area contributed by atoms with Gasteiger partial charge in [-0.25, -0.2) is 9.37 Å². The third kappa shape index (κ3) is 5.51. The molecule has 1 saturated heterocycles. The van der Waals surface area contributed by atoms with Crippen LogP contribution in [-0.2, 0) is 20.9 Å². The lowest BCUT2D eigenvalue weighted by Crippen LogP contribution is -2.68. The van der Waals surface area contributed by atoms with Crippen molar-refractivity contribution < 1.29 is 29.0 Å². The van der Waals surface area contributed by atoms with Gasteiger partial charge in [0.05, 0.1) is 22.2 Å².